The summed E-state index contributed by atoms with van der Waals surface area (Å²) >= 11 is 1.29. The van der Waals surface area contributed by atoms with Crippen LogP contribution < -0.4 is 9.47 Å². The van der Waals surface area contributed by atoms with Gasteiger partial charge in [0.25, 0.3) is 11.1 Å². The molecule has 0 bridgehead atoms. The molecule has 0 saturated heterocycles. The van der Waals surface area contributed by atoms with E-state index < -0.39 is 6.10 Å². The second-order valence-corrected chi connectivity index (χ2v) is 7.56. The number of benzene rings is 3. The first-order valence-electron chi connectivity index (χ1n) is 9.71. The van der Waals surface area contributed by atoms with Crippen molar-refractivity contribution in [2.45, 2.75) is 18.3 Å². The Labute approximate surface area is 178 Å². The summed E-state index contributed by atoms with van der Waals surface area (Å²) in [6, 6.07) is 21.5. The first-order chi connectivity index (χ1) is 14.7. The fourth-order valence-electron chi connectivity index (χ4n) is 2.97. The lowest BCUT2D eigenvalue weighted by Gasteiger charge is -2.11. The number of aliphatic hydroxyl groups is 1. The van der Waals surface area contributed by atoms with E-state index in [1.165, 1.54) is 11.8 Å². The van der Waals surface area contributed by atoms with Crippen molar-refractivity contribution < 1.29 is 19.0 Å². The smallest absolute Gasteiger partial charge is 0.276 e. The lowest BCUT2D eigenvalue weighted by atomic mass is 10.1. The molecule has 1 unspecified atom stereocenters. The van der Waals surface area contributed by atoms with E-state index in [-0.39, 0.29) is 6.61 Å². The standard InChI is InChI=1S/C23H22N2O4S/c1-2-27-21-10-6-5-9-20(21)22-24-25-23(29-22)30-15-18(26)14-28-19-12-11-16-7-3-4-8-17(16)13-19/h3-13,18,26H,2,14-15H2,1H3. The monoisotopic (exact) mass is 422 g/mol. The first-order valence-corrected chi connectivity index (χ1v) is 10.7. The van der Waals surface area contributed by atoms with E-state index in [4.69, 9.17) is 13.9 Å². The van der Waals surface area contributed by atoms with Crippen LogP contribution in [-0.2, 0) is 0 Å². The van der Waals surface area contributed by atoms with Crippen LogP contribution in [0.15, 0.2) is 76.4 Å². The SMILES string of the molecule is CCOc1ccccc1-c1nnc(SCC(O)COc2ccc3ccccc3c2)o1. The average molecular weight is 423 g/mol. The minimum absolute atomic E-state index is 0.180. The molecule has 0 spiro atoms. The summed E-state index contributed by atoms with van der Waals surface area (Å²) in [6.45, 7) is 2.66. The van der Waals surface area contributed by atoms with E-state index >= 15 is 0 Å². The van der Waals surface area contributed by atoms with Crippen LogP contribution in [-0.4, -0.2) is 40.4 Å². The van der Waals surface area contributed by atoms with E-state index in [0.717, 1.165) is 22.1 Å². The van der Waals surface area contributed by atoms with Gasteiger partial charge in [0.2, 0.25) is 0 Å². The number of fused-ring (bicyclic) bond motifs is 1. The highest BCUT2D eigenvalue weighted by atomic mass is 32.2. The van der Waals surface area contributed by atoms with Gasteiger partial charge in [-0.05, 0) is 42.0 Å². The summed E-state index contributed by atoms with van der Waals surface area (Å²) in [5.74, 6) is 2.19. The minimum atomic E-state index is -0.674. The third kappa shape index (κ3) is 4.93. The zero-order chi connectivity index (χ0) is 20.8. The summed E-state index contributed by atoms with van der Waals surface area (Å²) in [5, 5.41) is 21.1. The maximum Gasteiger partial charge on any atom is 0.276 e. The van der Waals surface area contributed by atoms with Gasteiger partial charge in [0.05, 0.1) is 18.3 Å². The molecule has 0 amide bonds. The maximum atomic E-state index is 10.3. The summed E-state index contributed by atoms with van der Waals surface area (Å²) in [4.78, 5) is 0. The number of ether oxygens (including phenoxy) is 2. The second-order valence-electron chi connectivity index (χ2n) is 6.59. The van der Waals surface area contributed by atoms with Gasteiger partial charge in [-0.25, -0.2) is 0 Å². The molecule has 0 radical (unpaired) electrons. The summed E-state index contributed by atoms with van der Waals surface area (Å²) in [6.07, 6.45) is -0.674. The van der Waals surface area contributed by atoms with Gasteiger partial charge in [0, 0.05) is 5.75 Å². The lowest BCUT2D eigenvalue weighted by Crippen LogP contribution is -2.20. The maximum absolute atomic E-state index is 10.3. The molecule has 0 aliphatic carbocycles. The Kier molecular flexibility index (Phi) is 6.51. The van der Waals surface area contributed by atoms with Crippen LogP contribution in [0.5, 0.6) is 11.5 Å². The van der Waals surface area contributed by atoms with E-state index in [9.17, 15) is 5.11 Å². The number of para-hydroxylation sites is 1. The Morgan fingerprint density at radius 2 is 1.77 bits per heavy atom. The number of aliphatic hydroxyl groups excluding tert-OH is 1. The van der Waals surface area contributed by atoms with Gasteiger partial charge in [0.15, 0.2) is 0 Å². The Morgan fingerprint density at radius 3 is 2.63 bits per heavy atom. The largest absolute Gasteiger partial charge is 0.493 e. The molecule has 1 atom stereocenters. The average Bonchev–Trinajstić information content (AvgIpc) is 3.25. The molecule has 30 heavy (non-hydrogen) atoms. The van der Waals surface area contributed by atoms with Crippen molar-refractivity contribution in [1.82, 2.24) is 10.2 Å². The highest BCUT2D eigenvalue weighted by Gasteiger charge is 2.15. The van der Waals surface area contributed by atoms with Crippen LogP contribution in [0.25, 0.3) is 22.2 Å². The Morgan fingerprint density at radius 1 is 0.967 bits per heavy atom. The zero-order valence-corrected chi connectivity index (χ0v) is 17.3. The van der Waals surface area contributed by atoms with Crippen molar-refractivity contribution in [1.29, 1.82) is 0 Å². The van der Waals surface area contributed by atoms with Gasteiger partial charge in [-0.15, -0.1) is 10.2 Å². The molecule has 6 nitrogen and oxygen atoms in total. The number of hydrogen-bond acceptors (Lipinski definition) is 7. The number of hydrogen-bond donors (Lipinski definition) is 1. The molecule has 1 N–H and O–H groups in total. The topological polar surface area (TPSA) is 77.6 Å². The predicted molar refractivity (Wildman–Crippen MR) is 117 cm³/mol. The molecule has 154 valence electrons. The van der Waals surface area contributed by atoms with Crippen LogP contribution in [0.1, 0.15) is 6.92 Å². The van der Waals surface area contributed by atoms with Gasteiger partial charge in [-0.3, -0.25) is 0 Å². The highest BCUT2D eigenvalue weighted by molar-refractivity contribution is 7.99. The quantitative estimate of drug-likeness (QED) is 0.387. The zero-order valence-electron chi connectivity index (χ0n) is 16.5. The number of nitrogens with zero attached hydrogens (tertiary/aromatic N) is 2. The minimum Gasteiger partial charge on any atom is -0.493 e. The molecule has 4 rings (SSSR count). The molecule has 7 heteroatoms. The number of aromatic nitrogens is 2. The van der Waals surface area contributed by atoms with Crippen molar-refractivity contribution in [3.8, 4) is 23.0 Å². The predicted octanol–water partition coefficient (Wildman–Crippen LogP) is 4.82. The first kappa shape index (κ1) is 20.3. The molecule has 0 fully saturated rings. The van der Waals surface area contributed by atoms with E-state index in [1.54, 1.807) is 0 Å². The Bertz CT molecular complexity index is 1120. The van der Waals surface area contributed by atoms with Gasteiger partial charge >= 0.3 is 0 Å². The molecule has 3 aromatic carbocycles. The van der Waals surface area contributed by atoms with Crippen molar-refractivity contribution in [2.75, 3.05) is 19.0 Å². The van der Waals surface area contributed by atoms with Crippen LogP contribution in [0.4, 0.5) is 0 Å². The molecular formula is C23H22N2O4S. The Hall–Kier alpha value is -3.03. The van der Waals surface area contributed by atoms with Crippen LogP contribution in [0.2, 0.25) is 0 Å². The van der Waals surface area contributed by atoms with Crippen molar-refractivity contribution >= 4 is 22.5 Å². The molecule has 1 heterocycles. The van der Waals surface area contributed by atoms with Gasteiger partial charge in [-0.1, -0.05) is 54.2 Å². The highest BCUT2D eigenvalue weighted by Crippen LogP contribution is 2.31. The number of thioether (sulfide) groups is 1. The molecule has 0 aliphatic heterocycles. The third-order valence-corrected chi connectivity index (χ3v) is 5.35. The van der Waals surface area contributed by atoms with Crippen LogP contribution >= 0.6 is 11.8 Å². The van der Waals surface area contributed by atoms with Gasteiger partial charge < -0.3 is 19.0 Å². The van der Waals surface area contributed by atoms with Gasteiger partial charge in [-0.2, -0.15) is 0 Å². The molecule has 1 aromatic heterocycles. The van der Waals surface area contributed by atoms with Crippen molar-refractivity contribution in [3.63, 3.8) is 0 Å². The summed E-state index contributed by atoms with van der Waals surface area (Å²) < 4.78 is 17.1. The lowest BCUT2D eigenvalue weighted by molar-refractivity contribution is 0.126. The fourth-order valence-corrected chi connectivity index (χ4v) is 3.63. The van der Waals surface area contributed by atoms with E-state index in [0.29, 0.717) is 29.2 Å². The van der Waals surface area contributed by atoms with Crippen LogP contribution in [0, 0.1) is 0 Å². The second kappa shape index (κ2) is 9.65. The van der Waals surface area contributed by atoms with Crippen LogP contribution in [0.3, 0.4) is 0 Å². The van der Waals surface area contributed by atoms with Gasteiger partial charge in [0.1, 0.15) is 18.1 Å². The fraction of sp³-hybridized carbons (Fsp3) is 0.217. The normalized spacial score (nSPS) is 12.1. The van der Waals surface area contributed by atoms with Crippen molar-refractivity contribution in [2.24, 2.45) is 0 Å². The molecule has 0 aliphatic rings. The third-order valence-electron chi connectivity index (χ3n) is 4.39. The van der Waals surface area contributed by atoms with E-state index in [2.05, 4.69) is 16.3 Å². The molecular weight excluding hydrogens is 400 g/mol. The molecule has 4 aromatic rings. The summed E-state index contributed by atoms with van der Waals surface area (Å²) in [5.41, 5.74) is 0.749. The molecule has 0 saturated carbocycles. The summed E-state index contributed by atoms with van der Waals surface area (Å²) in [7, 11) is 0. The Balaban J connectivity index is 1.31. The van der Waals surface area contributed by atoms with E-state index in [1.807, 2.05) is 67.6 Å². The van der Waals surface area contributed by atoms with Crippen molar-refractivity contribution in [3.05, 3.63) is 66.7 Å². The number of rotatable bonds is 9.